The maximum atomic E-state index is 5.50. The Kier molecular flexibility index (Phi) is 27.7. The van der Waals surface area contributed by atoms with Crippen LogP contribution in [0.4, 0.5) is 0 Å². The Hall–Kier alpha value is -1.13. The van der Waals surface area contributed by atoms with Gasteiger partial charge in [0.1, 0.15) is 11.1 Å². The zero-order valence-electron chi connectivity index (χ0n) is 4.45. The second kappa shape index (κ2) is 20.9. The van der Waals surface area contributed by atoms with E-state index >= 15 is 0 Å². The number of nitrogens with one attached hydrogen (secondary N) is 2. The molecule has 0 aliphatic carbocycles. The van der Waals surface area contributed by atoms with Gasteiger partial charge in [-0.1, -0.05) is 0 Å². The predicted molar refractivity (Wildman–Crippen MR) is 26.7 cm³/mol. The normalized spacial score (nSPS) is 3.14. The maximum absolute atomic E-state index is 5.50. The lowest BCUT2D eigenvalue weighted by Gasteiger charge is -1.40. The monoisotopic (exact) mass is 98.1 g/mol. The van der Waals surface area contributed by atoms with E-state index in [1.54, 1.807) is 0 Å². The van der Waals surface area contributed by atoms with Crippen LogP contribution in [0.1, 0.15) is 13.8 Å². The summed E-state index contributed by atoms with van der Waals surface area (Å²) in [6.45, 7) is 3.64. The summed E-state index contributed by atoms with van der Waals surface area (Å²) in [6, 6.07) is 0. The molecule has 0 heterocycles. The highest BCUT2D eigenvalue weighted by Crippen LogP contribution is 1.39. The molecule has 0 atom stereocenters. The van der Waals surface area contributed by atoms with Crippen LogP contribution in [0.25, 0.3) is 0 Å². The standard InChI is InChI=1S/C4H6.H2N3/c1-3-4-2;1-3-2/h1-2H3;1-2H/q;+1. The fraction of sp³-hybridized carbons (Fsp3) is 0.500. The highest BCUT2D eigenvalue weighted by Gasteiger charge is 1.26. The molecule has 0 aromatic carbocycles. The molecule has 0 spiro atoms. The number of nitrogens with zero attached hydrogens (tertiary/aromatic N) is 1. The summed E-state index contributed by atoms with van der Waals surface area (Å²) in [5.74, 6) is 5.36. The molecule has 0 unspecified atom stereocenters. The van der Waals surface area contributed by atoms with Crippen molar-refractivity contribution >= 4 is 0 Å². The van der Waals surface area contributed by atoms with Crippen LogP contribution in [0.2, 0.25) is 0 Å². The lowest BCUT2D eigenvalue weighted by molar-refractivity contribution is 0.928. The zero-order chi connectivity index (χ0) is 6.12. The van der Waals surface area contributed by atoms with E-state index in [-0.39, 0.29) is 0 Å². The van der Waals surface area contributed by atoms with Gasteiger partial charge in [0.05, 0.1) is 0 Å². The molecular formula is C4H8N3+. The molecule has 0 aromatic rings. The van der Waals surface area contributed by atoms with Gasteiger partial charge in [-0.15, -0.1) is 11.8 Å². The van der Waals surface area contributed by atoms with Crippen LogP contribution in [-0.4, -0.2) is 0 Å². The van der Waals surface area contributed by atoms with Gasteiger partial charge in [-0.3, -0.25) is 0 Å². The minimum Gasteiger partial charge on any atom is -0.107 e. The number of rotatable bonds is 0. The first-order valence-electron chi connectivity index (χ1n) is 1.70. The summed E-state index contributed by atoms with van der Waals surface area (Å²) in [4.78, 5) is 2.00. The van der Waals surface area contributed by atoms with E-state index in [4.69, 9.17) is 11.1 Å². The summed E-state index contributed by atoms with van der Waals surface area (Å²) in [5.41, 5.74) is 11.0. The first-order valence-corrected chi connectivity index (χ1v) is 1.70. The molecule has 0 radical (unpaired) electrons. The molecule has 0 aliphatic heterocycles. The summed E-state index contributed by atoms with van der Waals surface area (Å²) < 4.78 is 0. The minimum absolute atomic E-state index is 1.82. The fourth-order valence-corrected chi connectivity index (χ4v) is 0. The topological polar surface area (TPSA) is 61.8 Å². The molecule has 2 N–H and O–H groups in total. The molecule has 3 heteroatoms. The third-order valence-electron chi connectivity index (χ3n) is 0.250. The third-order valence-corrected chi connectivity index (χ3v) is 0.250. The molecule has 38 valence electrons. The van der Waals surface area contributed by atoms with Crippen LogP contribution in [0.3, 0.4) is 0 Å². The van der Waals surface area contributed by atoms with Crippen molar-refractivity contribution in [3.63, 3.8) is 0 Å². The van der Waals surface area contributed by atoms with E-state index in [1.807, 2.05) is 18.8 Å². The molecule has 0 aliphatic rings. The maximum Gasteiger partial charge on any atom is 0.211 e. The quantitative estimate of drug-likeness (QED) is 0.259. The Labute approximate surface area is 42.8 Å². The van der Waals surface area contributed by atoms with Gasteiger partial charge in [0.25, 0.3) is 0 Å². The van der Waals surface area contributed by atoms with Gasteiger partial charge in [0.15, 0.2) is 0 Å². The average molecular weight is 98.1 g/mol. The van der Waals surface area contributed by atoms with Crippen molar-refractivity contribution in [2.24, 2.45) is 0 Å². The van der Waals surface area contributed by atoms with Gasteiger partial charge < -0.3 is 0 Å². The summed E-state index contributed by atoms with van der Waals surface area (Å²) in [5, 5.41) is 0. The molecule has 0 amide bonds. The Bertz CT molecular complexity index is 93.8. The van der Waals surface area contributed by atoms with Gasteiger partial charge in [0, 0.05) is 0 Å². The van der Waals surface area contributed by atoms with Crippen molar-refractivity contribution < 1.29 is 0 Å². The summed E-state index contributed by atoms with van der Waals surface area (Å²) >= 11 is 0. The van der Waals surface area contributed by atoms with Gasteiger partial charge in [-0.05, 0) is 13.8 Å². The smallest absolute Gasteiger partial charge is 0.107 e. The van der Waals surface area contributed by atoms with E-state index < -0.39 is 0 Å². The number of hydrogen-bond donors (Lipinski definition) is 2. The van der Waals surface area contributed by atoms with E-state index in [9.17, 15) is 0 Å². The van der Waals surface area contributed by atoms with Crippen LogP contribution < -0.4 is 4.91 Å². The highest BCUT2D eigenvalue weighted by atomic mass is 15.0. The molecule has 0 fully saturated rings. The molecule has 7 heavy (non-hydrogen) atoms. The van der Waals surface area contributed by atoms with Crippen molar-refractivity contribution in [3.8, 4) is 11.8 Å². The first-order chi connectivity index (χ1) is 3.33. The van der Waals surface area contributed by atoms with Crippen molar-refractivity contribution in [3.05, 3.63) is 0 Å². The summed E-state index contributed by atoms with van der Waals surface area (Å²) in [7, 11) is 0. The zero-order valence-corrected chi connectivity index (χ0v) is 4.45. The van der Waals surface area contributed by atoms with Crippen LogP contribution in [0.15, 0.2) is 0 Å². The van der Waals surface area contributed by atoms with E-state index in [0.717, 1.165) is 0 Å². The molecular weight excluding hydrogens is 90.1 g/mol. The first kappa shape index (κ1) is 9.30. The third kappa shape index (κ3) is 2370. The number of hydrogen-bond acceptors (Lipinski definition) is 2. The minimum atomic E-state index is 1.82. The summed E-state index contributed by atoms with van der Waals surface area (Å²) in [6.07, 6.45) is 0. The van der Waals surface area contributed by atoms with Crippen LogP contribution in [0.5, 0.6) is 0 Å². The Morgan fingerprint density at radius 1 is 1.14 bits per heavy atom. The average Bonchev–Trinajstić information content (AvgIpc) is 1.69. The Balaban J connectivity index is 0. The van der Waals surface area contributed by atoms with Crippen molar-refractivity contribution in [2.45, 2.75) is 13.8 Å². The van der Waals surface area contributed by atoms with Crippen LogP contribution >= 0.6 is 0 Å². The van der Waals surface area contributed by atoms with Gasteiger partial charge in [0.2, 0.25) is 4.91 Å². The van der Waals surface area contributed by atoms with E-state index in [0.29, 0.717) is 0 Å². The van der Waals surface area contributed by atoms with Gasteiger partial charge in [-0.2, -0.15) is 0 Å². The lowest BCUT2D eigenvalue weighted by atomic mass is 10.7. The second-order valence-electron chi connectivity index (χ2n) is 0.612. The second-order valence-corrected chi connectivity index (χ2v) is 0.612. The van der Waals surface area contributed by atoms with Crippen LogP contribution in [0, 0.1) is 22.9 Å². The fourth-order valence-electron chi connectivity index (χ4n) is 0. The van der Waals surface area contributed by atoms with E-state index in [2.05, 4.69) is 11.8 Å². The Morgan fingerprint density at radius 3 is 1.29 bits per heavy atom. The van der Waals surface area contributed by atoms with Gasteiger partial charge in [-0.25, -0.2) is 0 Å². The van der Waals surface area contributed by atoms with Crippen molar-refractivity contribution in [1.82, 2.24) is 4.91 Å². The van der Waals surface area contributed by atoms with Crippen LogP contribution in [-0.2, 0) is 0 Å². The predicted octanol–water partition coefficient (Wildman–Crippen LogP) is 1.15. The molecule has 0 saturated carbocycles. The van der Waals surface area contributed by atoms with Crippen molar-refractivity contribution in [2.75, 3.05) is 0 Å². The largest absolute Gasteiger partial charge is 0.211 e. The lowest BCUT2D eigenvalue weighted by Crippen LogP contribution is -1.28. The van der Waals surface area contributed by atoms with Crippen molar-refractivity contribution in [1.29, 1.82) is 11.1 Å². The molecule has 3 nitrogen and oxygen atoms in total. The molecule has 0 rings (SSSR count). The molecule has 0 saturated heterocycles. The Morgan fingerprint density at radius 2 is 1.29 bits per heavy atom. The van der Waals surface area contributed by atoms with Gasteiger partial charge >= 0.3 is 0 Å². The highest BCUT2D eigenvalue weighted by molar-refractivity contribution is 4.89. The molecule has 0 aromatic heterocycles. The SMILES string of the molecule is CC#CC.N=[N+]=N. The molecule has 0 bridgehead atoms. The van der Waals surface area contributed by atoms with E-state index in [1.165, 1.54) is 0 Å².